The summed E-state index contributed by atoms with van der Waals surface area (Å²) in [6, 6.07) is 11.7. The topological polar surface area (TPSA) is 52.9 Å². The summed E-state index contributed by atoms with van der Waals surface area (Å²) >= 11 is 0. The summed E-state index contributed by atoms with van der Waals surface area (Å²) in [4.78, 5) is 11.4. The Morgan fingerprint density at radius 1 is 1.41 bits per heavy atom. The molecule has 0 saturated heterocycles. The Kier molecular flexibility index (Phi) is 5.81. The molecule has 3 nitrogen and oxygen atoms in total. The van der Waals surface area contributed by atoms with E-state index in [0.717, 1.165) is 18.4 Å². The van der Waals surface area contributed by atoms with Gasteiger partial charge < -0.3 is 5.32 Å². The van der Waals surface area contributed by atoms with Gasteiger partial charge in [0.25, 0.3) is 0 Å². The standard InChI is InChI=1S/C14H18N2O/c1-2-3-9-14(17)16-11-13(10-15)12-7-5-4-6-8-12/h4-8,13H,2-3,9,11H2,1H3,(H,16,17). The maximum Gasteiger partial charge on any atom is 0.220 e. The third-order valence-corrected chi connectivity index (χ3v) is 2.62. The molecule has 1 N–H and O–H groups in total. The van der Waals surface area contributed by atoms with Crippen LogP contribution in [0.5, 0.6) is 0 Å². The highest BCUT2D eigenvalue weighted by atomic mass is 16.1. The van der Waals surface area contributed by atoms with E-state index in [4.69, 9.17) is 5.26 Å². The van der Waals surface area contributed by atoms with Gasteiger partial charge in [0, 0.05) is 13.0 Å². The molecule has 3 heteroatoms. The molecule has 90 valence electrons. The van der Waals surface area contributed by atoms with E-state index in [-0.39, 0.29) is 11.8 Å². The van der Waals surface area contributed by atoms with Crippen LogP contribution >= 0.6 is 0 Å². The lowest BCUT2D eigenvalue weighted by atomic mass is 10.0. The van der Waals surface area contributed by atoms with Gasteiger partial charge >= 0.3 is 0 Å². The molecule has 1 amide bonds. The molecule has 1 atom stereocenters. The summed E-state index contributed by atoms with van der Waals surface area (Å²) in [5, 5.41) is 11.9. The lowest BCUT2D eigenvalue weighted by molar-refractivity contribution is -0.121. The van der Waals surface area contributed by atoms with E-state index < -0.39 is 0 Å². The van der Waals surface area contributed by atoms with Crippen molar-refractivity contribution < 1.29 is 4.79 Å². The molecule has 0 saturated carbocycles. The summed E-state index contributed by atoms with van der Waals surface area (Å²) in [6.45, 7) is 2.44. The van der Waals surface area contributed by atoms with Crippen LogP contribution in [0.2, 0.25) is 0 Å². The lowest BCUT2D eigenvalue weighted by Crippen LogP contribution is -2.27. The Morgan fingerprint density at radius 2 is 2.12 bits per heavy atom. The quantitative estimate of drug-likeness (QED) is 0.816. The normalized spacial score (nSPS) is 11.5. The number of rotatable bonds is 6. The van der Waals surface area contributed by atoms with Gasteiger partial charge in [0.15, 0.2) is 0 Å². The average Bonchev–Trinajstić information content (AvgIpc) is 2.38. The molecular weight excluding hydrogens is 212 g/mol. The third kappa shape index (κ3) is 4.69. The van der Waals surface area contributed by atoms with Crippen LogP contribution in [0.15, 0.2) is 30.3 Å². The minimum absolute atomic E-state index is 0.0306. The number of carbonyl (C=O) groups is 1. The molecule has 0 aromatic heterocycles. The van der Waals surface area contributed by atoms with Crippen molar-refractivity contribution in [1.82, 2.24) is 5.32 Å². The largest absolute Gasteiger partial charge is 0.354 e. The Hall–Kier alpha value is -1.82. The van der Waals surface area contributed by atoms with Crippen LogP contribution in [0, 0.1) is 11.3 Å². The predicted molar refractivity (Wildman–Crippen MR) is 67.3 cm³/mol. The highest BCUT2D eigenvalue weighted by Crippen LogP contribution is 2.13. The predicted octanol–water partition coefficient (Wildman–Crippen LogP) is 2.60. The third-order valence-electron chi connectivity index (χ3n) is 2.62. The number of nitriles is 1. The van der Waals surface area contributed by atoms with Crippen LogP contribution < -0.4 is 5.32 Å². The second-order valence-electron chi connectivity index (χ2n) is 4.00. The van der Waals surface area contributed by atoms with Crippen molar-refractivity contribution >= 4 is 5.91 Å². The zero-order valence-electron chi connectivity index (χ0n) is 10.1. The second kappa shape index (κ2) is 7.45. The molecule has 0 fully saturated rings. The first-order chi connectivity index (χ1) is 8.27. The Bertz CT molecular complexity index is 381. The Labute approximate surface area is 102 Å². The first-order valence-electron chi connectivity index (χ1n) is 5.99. The number of nitrogens with zero attached hydrogens (tertiary/aromatic N) is 1. The number of hydrogen-bond acceptors (Lipinski definition) is 2. The maximum absolute atomic E-state index is 11.4. The van der Waals surface area contributed by atoms with Gasteiger partial charge in [0.05, 0.1) is 12.0 Å². The number of unbranched alkanes of at least 4 members (excludes halogenated alkanes) is 1. The highest BCUT2D eigenvalue weighted by molar-refractivity contribution is 5.75. The van der Waals surface area contributed by atoms with Gasteiger partial charge in [-0.2, -0.15) is 5.26 Å². The number of nitrogens with one attached hydrogen (secondary N) is 1. The van der Waals surface area contributed by atoms with Crippen molar-refractivity contribution in [2.45, 2.75) is 32.1 Å². The van der Waals surface area contributed by atoms with E-state index in [9.17, 15) is 4.79 Å². The average molecular weight is 230 g/mol. The number of carbonyl (C=O) groups excluding carboxylic acids is 1. The molecule has 0 aliphatic rings. The van der Waals surface area contributed by atoms with Gasteiger partial charge in [0.2, 0.25) is 5.91 Å². The van der Waals surface area contributed by atoms with E-state index in [0.29, 0.717) is 13.0 Å². The number of hydrogen-bond donors (Lipinski definition) is 1. The molecule has 0 spiro atoms. The first-order valence-corrected chi connectivity index (χ1v) is 5.99. The molecule has 0 radical (unpaired) electrons. The molecule has 0 heterocycles. The Balaban J connectivity index is 2.44. The van der Waals surface area contributed by atoms with Crippen LogP contribution in [0.25, 0.3) is 0 Å². The van der Waals surface area contributed by atoms with Gasteiger partial charge in [-0.05, 0) is 12.0 Å². The molecule has 1 rings (SSSR count). The fraction of sp³-hybridized carbons (Fsp3) is 0.429. The van der Waals surface area contributed by atoms with E-state index in [1.165, 1.54) is 0 Å². The summed E-state index contributed by atoms with van der Waals surface area (Å²) in [5.41, 5.74) is 0.950. The van der Waals surface area contributed by atoms with Crippen LogP contribution in [-0.4, -0.2) is 12.5 Å². The molecule has 0 bridgehead atoms. The monoisotopic (exact) mass is 230 g/mol. The van der Waals surface area contributed by atoms with Gasteiger partial charge in [-0.25, -0.2) is 0 Å². The van der Waals surface area contributed by atoms with Crippen molar-refractivity contribution in [2.75, 3.05) is 6.54 Å². The molecule has 1 unspecified atom stereocenters. The molecule has 1 aromatic carbocycles. The molecule has 17 heavy (non-hydrogen) atoms. The zero-order chi connectivity index (χ0) is 12.5. The SMILES string of the molecule is CCCCC(=O)NCC(C#N)c1ccccc1. The Morgan fingerprint density at radius 3 is 2.71 bits per heavy atom. The van der Waals surface area contributed by atoms with Crippen molar-refractivity contribution in [3.05, 3.63) is 35.9 Å². The van der Waals surface area contributed by atoms with Crippen LogP contribution in [-0.2, 0) is 4.79 Å². The summed E-state index contributed by atoms with van der Waals surface area (Å²) in [7, 11) is 0. The van der Waals surface area contributed by atoms with E-state index in [1.54, 1.807) is 0 Å². The van der Waals surface area contributed by atoms with E-state index in [2.05, 4.69) is 18.3 Å². The van der Waals surface area contributed by atoms with Crippen LogP contribution in [0.1, 0.15) is 37.7 Å². The fourth-order valence-corrected chi connectivity index (χ4v) is 1.56. The van der Waals surface area contributed by atoms with Gasteiger partial charge in [0.1, 0.15) is 0 Å². The van der Waals surface area contributed by atoms with Gasteiger partial charge in [-0.3, -0.25) is 4.79 Å². The number of amides is 1. The number of benzene rings is 1. The lowest BCUT2D eigenvalue weighted by Gasteiger charge is -2.10. The van der Waals surface area contributed by atoms with Gasteiger partial charge in [-0.1, -0.05) is 43.7 Å². The molecule has 0 aliphatic heterocycles. The molecular formula is C14H18N2O. The zero-order valence-corrected chi connectivity index (χ0v) is 10.1. The highest BCUT2D eigenvalue weighted by Gasteiger charge is 2.11. The minimum atomic E-state index is -0.262. The van der Waals surface area contributed by atoms with E-state index >= 15 is 0 Å². The summed E-state index contributed by atoms with van der Waals surface area (Å²) in [5.74, 6) is -0.232. The van der Waals surface area contributed by atoms with Crippen molar-refractivity contribution in [2.24, 2.45) is 0 Å². The second-order valence-corrected chi connectivity index (χ2v) is 4.00. The van der Waals surface area contributed by atoms with Gasteiger partial charge in [-0.15, -0.1) is 0 Å². The van der Waals surface area contributed by atoms with Crippen LogP contribution in [0.4, 0.5) is 0 Å². The first kappa shape index (κ1) is 13.2. The van der Waals surface area contributed by atoms with Crippen molar-refractivity contribution in [3.8, 4) is 6.07 Å². The van der Waals surface area contributed by atoms with Crippen LogP contribution in [0.3, 0.4) is 0 Å². The minimum Gasteiger partial charge on any atom is -0.354 e. The maximum atomic E-state index is 11.4. The molecule has 1 aromatic rings. The summed E-state index contributed by atoms with van der Waals surface area (Å²) < 4.78 is 0. The van der Waals surface area contributed by atoms with Crippen molar-refractivity contribution in [3.63, 3.8) is 0 Å². The summed E-state index contributed by atoms with van der Waals surface area (Å²) in [6.07, 6.45) is 2.45. The van der Waals surface area contributed by atoms with Crippen molar-refractivity contribution in [1.29, 1.82) is 5.26 Å². The van der Waals surface area contributed by atoms with E-state index in [1.807, 2.05) is 30.3 Å². The fourth-order valence-electron chi connectivity index (χ4n) is 1.56. The molecule has 0 aliphatic carbocycles. The smallest absolute Gasteiger partial charge is 0.220 e.